The van der Waals surface area contributed by atoms with Gasteiger partial charge in [0.1, 0.15) is 12.1 Å². The molecule has 5 heteroatoms. The molecule has 0 saturated heterocycles. The Bertz CT molecular complexity index is 296. The number of hydrogen-bond donors (Lipinski definition) is 0. The van der Waals surface area contributed by atoms with Crippen LogP contribution in [-0.2, 0) is 14.3 Å². The fourth-order valence-corrected chi connectivity index (χ4v) is 0.575. The molecular formula is C9H17NO4. The van der Waals surface area contributed by atoms with Crippen molar-refractivity contribution in [3.63, 3.8) is 0 Å². The summed E-state index contributed by atoms with van der Waals surface area (Å²) in [7, 11) is 1.11. The number of rotatable bonds is 2. The second-order valence-corrected chi connectivity index (χ2v) is 3.64. The van der Waals surface area contributed by atoms with Crippen LogP contribution < -0.4 is 0 Å². The van der Waals surface area contributed by atoms with Gasteiger partial charge in [-0.3, -0.25) is 4.79 Å². The van der Waals surface area contributed by atoms with Crippen LogP contribution in [-0.4, -0.2) is 43.2 Å². The van der Waals surface area contributed by atoms with E-state index in [0.29, 0.717) is 4.90 Å². The van der Waals surface area contributed by atoms with Crippen molar-refractivity contribution in [1.29, 1.82) is 0 Å². The highest BCUT2D eigenvalue weighted by molar-refractivity contribution is 5.77. The molecule has 0 N–H and O–H groups in total. The van der Waals surface area contributed by atoms with Crippen LogP contribution in [0.2, 0.25) is 0 Å². The zero-order valence-corrected chi connectivity index (χ0v) is 8.79. The van der Waals surface area contributed by atoms with Gasteiger partial charge in [0.15, 0.2) is 0 Å². The summed E-state index contributed by atoms with van der Waals surface area (Å²) in [5.74, 6) is -0.827. The number of carbonyl (C=O) groups excluding carboxylic acids is 2. The predicted molar refractivity (Wildman–Crippen MR) is 50.9 cm³/mol. The van der Waals surface area contributed by atoms with E-state index in [1.807, 2.05) is 0 Å². The maximum absolute atomic E-state index is 11.6. The normalized spacial score (nSPS) is 14.7. The number of hydrogen-bond acceptors (Lipinski definition) is 4. The molecule has 14 heavy (non-hydrogen) atoms. The number of carbonyl (C=O) groups is 2. The Morgan fingerprint density at radius 1 is 1.43 bits per heavy atom. The molecule has 0 aromatic heterocycles. The predicted octanol–water partition coefficient (Wildman–Crippen LogP) is 1.03. The molecule has 0 bridgehead atoms. The Hall–Kier alpha value is -1.26. The van der Waals surface area contributed by atoms with Crippen molar-refractivity contribution in [1.82, 2.24) is 4.90 Å². The minimum absolute atomic E-state index is 0.351. The van der Waals surface area contributed by atoms with Crippen LogP contribution in [0.4, 0.5) is 4.79 Å². The lowest BCUT2D eigenvalue weighted by Crippen LogP contribution is -2.37. The van der Waals surface area contributed by atoms with Gasteiger partial charge in [-0.25, -0.2) is 4.79 Å². The lowest BCUT2D eigenvalue weighted by molar-refractivity contribution is -0.141. The van der Waals surface area contributed by atoms with Crippen LogP contribution in [0.1, 0.15) is 24.9 Å². The average molecular weight is 206 g/mol. The first-order valence-corrected chi connectivity index (χ1v) is 4.05. The van der Waals surface area contributed by atoms with Crippen LogP contribution in [0.25, 0.3) is 0 Å². The highest BCUT2D eigenvalue weighted by Crippen LogP contribution is 2.08. The van der Waals surface area contributed by atoms with Gasteiger partial charge in [-0.15, -0.1) is 0 Å². The SMILES string of the molecule is [2H]C([2H])([2H])N(CC(=O)OC)C(=O)OC(C)(C)C. The lowest BCUT2D eigenvalue weighted by Gasteiger charge is -2.23. The van der Waals surface area contributed by atoms with Crippen molar-refractivity contribution in [3.8, 4) is 0 Å². The topological polar surface area (TPSA) is 55.8 Å². The molecule has 0 aliphatic rings. The van der Waals surface area contributed by atoms with Crippen molar-refractivity contribution in [2.24, 2.45) is 0 Å². The molecule has 0 atom stereocenters. The molecule has 0 aromatic rings. The zero-order valence-electron chi connectivity index (χ0n) is 11.8. The number of esters is 1. The van der Waals surface area contributed by atoms with Gasteiger partial charge in [0.05, 0.1) is 7.11 Å². The summed E-state index contributed by atoms with van der Waals surface area (Å²) in [5.41, 5.74) is -0.837. The summed E-state index contributed by atoms with van der Waals surface area (Å²) in [6.07, 6.45) is -1.08. The summed E-state index contributed by atoms with van der Waals surface area (Å²) in [4.78, 5) is 23.0. The molecule has 0 fully saturated rings. The van der Waals surface area contributed by atoms with Crippen molar-refractivity contribution < 1.29 is 23.2 Å². The third kappa shape index (κ3) is 5.40. The third-order valence-electron chi connectivity index (χ3n) is 1.13. The van der Waals surface area contributed by atoms with E-state index in [4.69, 9.17) is 8.85 Å². The maximum atomic E-state index is 11.6. The van der Waals surface area contributed by atoms with E-state index in [1.165, 1.54) is 0 Å². The number of ether oxygens (including phenoxy) is 2. The van der Waals surface area contributed by atoms with E-state index in [9.17, 15) is 9.59 Å². The monoisotopic (exact) mass is 206 g/mol. The molecule has 0 aromatic carbocycles. The van der Waals surface area contributed by atoms with Gasteiger partial charge in [-0.2, -0.15) is 0 Å². The van der Waals surface area contributed by atoms with Gasteiger partial charge in [-0.1, -0.05) is 0 Å². The molecule has 0 heterocycles. The lowest BCUT2D eigenvalue weighted by atomic mass is 10.2. The van der Waals surface area contributed by atoms with E-state index >= 15 is 0 Å². The Balaban J connectivity index is 4.82. The Morgan fingerprint density at radius 2 is 2.00 bits per heavy atom. The molecular weight excluding hydrogens is 186 g/mol. The van der Waals surface area contributed by atoms with Crippen LogP contribution >= 0.6 is 0 Å². The summed E-state index contributed by atoms with van der Waals surface area (Å²) < 4.78 is 30.6. The van der Waals surface area contributed by atoms with Crippen molar-refractivity contribution in [2.45, 2.75) is 26.4 Å². The maximum Gasteiger partial charge on any atom is 0.410 e. The minimum Gasteiger partial charge on any atom is -0.468 e. The highest BCUT2D eigenvalue weighted by Gasteiger charge is 2.20. The van der Waals surface area contributed by atoms with Crippen LogP contribution in [0.5, 0.6) is 0 Å². The van der Waals surface area contributed by atoms with E-state index in [0.717, 1.165) is 7.11 Å². The molecule has 1 amide bonds. The largest absolute Gasteiger partial charge is 0.468 e. The summed E-state index contributed by atoms with van der Waals surface area (Å²) in [5, 5.41) is 0. The number of amides is 1. The fraction of sp³-hybridized carbons (Fsp3) is 0.778. The average Bonchev–Trinajstić information content (AvgIpc) is 2.08. The first kappa shape index (κ1) is 8.08. The summed E-state index contributed by atoms with van der Waals surface area (Å²) >= 11 is 0. The van der Waals surface area contributed by atoms with Gasteiger partial charge in [0.2, 0.25) is 0 Å². The van der Waals surface area contributed by atoms with Crippen molar-refractivity contribution in [3.05, 3.63) is 0 Å². The summed E-state index contributed by atoms with van der Waals surface area (Å²) in [6.45, 7) is 1.36. The fourth-order valence-electron chi connectivity index (χ4n) is 0.575. The van der Waals surface area contributed by atoms with Crippen LogP contribution in [0.15, 0.2) is 0 Å². The van der Waals surface area contributed by atoms with Crippen molar-refractivity contribution in [2.75, 3.05) is 20.6 Å². The van der Waals surface area contributed by atoms with Gasteiger partial charge < -0.3 is 14.4 Å². The van der Waals surface area contributed by atoms with E-state index in [-0.39, 0.29) is 0 Å². The molecule has 0 spiro atoms. The molecule has 0 saturated carbocycles. The van der Waals surface area contributed by atoms with Crippen LogP contribution in [0, 0.1) is 0 Å². The number of methoxy groups -OCH3 is 1. The quantitative estimate of drug-likeness (QED) is 0.633. The first-order valence-electron chi connectivity index (χ1n) is 5.55. The number of nitrogens with zero attached hydrogens (tertiary/aromatic N) is 1. The molecule has 0 radical (unpaired) electrons. The van der Waals surface area contributed by atoms with E-state index < -0.39 is 31.2 Å². The van der Waals surface area contributed by atoms with Gasteiger partial charge in [0, 0.05) is 11.1 Å². The molecule has 0 aliphatic carbocycles. The van der Waals surface area contributed by atoms with Crippen molar-refractivity contribution >= 4 is 12.1 Å². The smallest absolute Gasteiger partial charge is 0.410 e. The molecule has 5 nitrogen and oxygen atoms in total. The van der Waals surface area contributed by atoms with E-state index in [1.54, 1.807) is 20.8 Å². The summed E-state index contributed by atoms with van der Waals surface area (Å²) in [6, 6.07) is 0. The molecule has 0 aliphatic heterocycles. The standard InChI is InChI=1S/C9H17NO4/c1-9(2,3)14-8(12)10(4)6-7(11)13-5/h6H2,1-5H3/i4D3. The Morgan fingerprint density at radius 3 is 2.36 bits per heavy atom. The van der Waals surface area contributed by atoms with Crippen LogP contribution in [0.3, 0.4) is 0 Å². The van der Waals surface area contributed by atoms with E-state index in [2.05, 4.69) is 4.74 Å². The van der Waals surface area contributed by atoms with Gasteiger partial charge in [0.25, 0.3) is 0 Å². The highest BCUT2D eigenvalue weighted by atomic mass is 16.6. The first-order chi connectivity index (χ1) is 7.47. The minimum atomic E-state index is -2.75. The molecule has 82 valence electrons. The second-order valence-electron chi connectivity index (χ2n) is 3.64. The van der Waals surface area contributed by atoms with Gasteiger partial charge >= 0.3 is 12.1 Å². The third-order valence-corrected chi connectivity index (χ3v) is 1.13. The molecule has 0 unspecified atom stereocenters. The Labute approximate surface area is 88.2 Å². The number of likely N-dealkylation sites (N-methyl/N-ethyl adjacent to an activating group) is 1. The second kappa shape index (κ2) is 4.83. The zero-order chi connectivity index (χ0) is 13.9. The molecule has 0 rings (SSSR count). The van der Waals surface area contributed by atoms with Gasteiger partial charge in [-0.05, 0) is 20.8 Å². The Kier molecular flexibility index (Phi) is 2.79.